The highest BCUT2D eigenvalue weighted by Gasteiger charge is 2.41. The van der Waals surface area contributed by atoms with Crippen molar-refractivity contribution in [1.29, 1.82) is 0 Å². The first-order chi connectivity index (χ1) is 15.1. The van der Waals surface area contributed by atoms with Gasteiger partial charge in [-0.05, 0) is 79.5 Å². The summed E-state index contributed by atoms with van der Waals surface area (Å²) in [6.07, 6.45) is 9.70. The van der Waals surface area contributed by atoms with Crippen LogP contribution in [0.4, 0.5) is 0 Å². The Labute approximate surface area is 182 Å². The standard InChI is InChI=1S/C28H27N2O/c1-15-21-5-4-9-29-26(21)16(2)28-24(15)27-25-19(8-10-30(27)3)13-20(14-23(25)31-28)22-12-17-6-7-18(22)11-17/h4-5,8-10,13-14,17-18,22H,6-7,11-12H2,1-3H3/q+1. The van der Waals surface area contributed by atoms with Crippen LogP contribution in [0.1, 0.15) is 48.3 Å². The number of aromatic nitrogens is 2. The Kier molecular flexibility index (Phi) is 3.46. The lowest BCUT2D eigenvalue weighted by Crippen LogP contribution is -2.32. The van der Waals surface area contributed by atoms with Gasteiger partial charge >= 0.3 is 0 Å². The van der Waals surface area contributed by atoms with E-state index in [0.717, 1.165) is 34.4 Å². The Morgan fingerprint density at radius 3 is 2.77 bits per heavy atom. The van der Waals surface area contributed by atoms with E-state index in [9.17, 15) is 0 Å². The molecule has 154 valence electrons. The second-order valence-electron chi connectivity index (χ2n) is 10.00. The van der Waals surface area contributed by atoms with E-state index in [4.69, 9.17) is 9.72 Å². The predicted octanol–water partition coefficient (Wildman–Crippen LogP) is 6.51. The van der Waals surface area contributed by atoms with Crippen molar-refractivity contribution in [3.63, 3.8) is 0 Å². The normalized spacial score (nSPS) is 23.4. The lowest BCUT2D eigenvalue weighted by molar-refractivity contribution is -0.659. The number of nitrogens with zero attached hydrogens (tertiary/aromatic N) is 2. The number of aryl methyl sites for hydroxylation is 3. The third kappa shape index (κ3) is 2.29. The van der Waals surface area contributed by atoms with Crippen LogP contribution < -0.4 is 9.30 Å². The third-order valence-electron chi connectivity index (χ3n) is 8.35. The summed E-state index contributed by atoms with van der Waals surface area (Å²) >= 11 is 0. The maximum atomic E-state index is 6.75. The largest absolute Gasteiger partial charge is 0.455 e. The Hall–Kier alpha value is -2.94. The molecule has 2 aliphatic carbocycles. The van der Waals surface area contributed by atoms with Crippen molar-refractivity contribution in [1.82, 2.24) is 4.98 Å². The van der Waals surface area contributed by atoms with Crippen LogP contribution in [0.3, 0.4) is 0 Å². The number of ether oxygens (including phenoxy) is 1. The van der Waals surface area contributed by atoms with Gasteiger partial charge in [0.25, 0.3) is 0 Å². The fourth-order valence-electron chi connectivity index (χ4n) is 6.87. The van der Waals surface area contributed by atoms with Gasteiger partial charge in [0.2, 0.25) is 5.69 Å². The predicted molar refractivity (Wildman–Crippen MR) is 124 cm³/mol. The Morgan fingerprint density at radius 1 is 1.06 bits per heavy atom. The molecule has 3 heterocycles. The zero-order chi connectivity index (χ0) is 20.9. The molecule has 4 aromatic rings. The van der Waals surface area contributed by atoms with E-state index in [-0.39, 0.29) is 0 Å². The summed E-state index contributed by atoms with van der Waals surface area (Å²) in [5.74, 6) is 4.50. The van der Waals surface area contributed by atoms with Crippen LogP contribution in [0.15, 0.2) is 42.7 Å². The van der Waals surface area contributed by atoms with E-state index in [0.29, 0.717) is 5.92 Å². The molecule has 0 radical (unpaired) electrons. The highest BCUT2D eigenvalue weighted by Crippen LogP contribution is 2.55. The molecule has 0 spiro atoms. The average Bonchev–Trinajstić information content (AvgIpc) is 3.43. The van der Waals surface area contributed by atoms with Crippen molar-refractivity contribution in [3.8, 4) is 22.8 Å². The zero-order valence-corrected chi connectivity index (χ0v) is 18.4. The minimum atomic E-state index is 0.697. The Balaban J connectivity index is 1.53. The van der Waals surface area contributed by atoms with Crippen molar-refractivity contribution < 1.29 is 9.30 Å². The first-order valence-electron chi connectivity index (χ1n) is 11.6. The van der Waals surface area contributed by atoms with Crippen LogP contribution in [-0.4, -0.2) is 4.98 Å². The molecule has 3 unspecified atom stereocenters. The Morgan fingerprint density at radius 2 is 1.97 bits per heavy atom. The van der Waals surface area contributed by atoms with Gasteiger partial charge in [0.1, 0.15) is 18.5 Å². The van der Waals surface area contributed by atoms with E-state index in [1.54, 1.807) is 0 Å². The molecule has 2 aromatic carbocycles. The van der Waals surface area contributed by atoms with Crippen LogP contribution in [-0.2, 0) is 7.05 Å². The molecule has 7 rings (SSSR count). The van der Waals surface area contributed by atoms with Crippen molar-refractivity contribution >= 4 is 21.7 Å². The van der Waals surface area contributed by atoms with Gasteiger partial charge in [-0.15, -0.1) is 0 Å². The van der Waals surface area contributed by atoms with Gasteiger partial charge in [0.05, 0.1) is 16.5 Å². The van der Waals surface area contributed by atoms with Crippen molar-refractivity contribution in [2.75, 3.05) is 0 Å². The van der Waals surface area contributed by atoms with E-state index < -0.39 is 0 Å². The summed E-state index contributed by atoms with van der Waals surface area (Å²) in [5.41, 5.74) is 7.37. The molecule has 3 heteroatoms. The van der Waals surface area contributed by atoms with Gasteiger partial charge in [0, 0.05) is 23.2 Å². The molecule has 2 bridgehead atoms. The van der Waals surface area contributed by atoms with Crippen molar-refractivity contribution in [2.24, 2.45) is 18.9 Å². The summed E-state index contributed by atoms with van der Waals surface area (Å²) < 4.78 is 9.01. The molecule has 3 atom stereocenters. The minimum absolute atomic E-state index is 0.697. The number of benzene rings is 2. The van der Waals surface area contributed by atoms with Crippen LogP contribution in [0.25, 0.3) is 32.9 Å². The molecular formula is C28H27N2O+. The van der Waals surface area contributed by atoms with Gasteiger partial charge in [-0.1, -0.05) is 18.6 Å². The summed E-state index contributed by atoms with van der Waals surface area (Å²) in [7, 11) is 2.15. The summed E-state index contributed by atoms with van der Waals surface area (Å²) in [6, 6.07) is 11.3. The summed E-state index contributed by atoms with van der Waals surface area (Å²) in [4.78, 5) is 4.70. The number of rotatable bonds is 1. The monoisotopic (exact) mass is 407 g/mol. The highest BCUT2D eigenvalue weighted by molar-refractivity contribution is 6.06. The number of fused-ring (bicyclic) bond motifs is 5. The lowest BCUT2D eigenvalue weighted by Gasteiger charge is -2.26. The van der Waals surface area contributed by atoms with E-state index in [1.807, 2.05) is 12.3 Å². The number of hydrogen-bond donors (Lipinski definition) is 0. The molecule has 3 nitrogen and oxygen atoms in total. The van der Waals surface area contributed by atoms with Crippen molar-refractivity contribution in [2.45, 2.75) is 45.4 Å². The minimum Gasteiger partial charge on any atom is -0.455 e. The molecule has 1 aliphatic heterocycles. The van der Waals surface area contributed by atoms with Gasteiger partial charge < -0.3 is 4.74 Å². The number of hydrogen-bond acceptors (Lipinski definition) is 2. The fourth-order valence-corrected chi connectivity index (χ4v) is 6.87. The van der Waals surface area contributed by atoms with Gasteiger partial charge in [-0.25, -0.2) is 4.57 Å². The molecule has 2 fully saturated rings. The van der Waals surface area contributed by atoms with Crippen LogP contribution >= 0.6 is 0 Å². The van der Waals surface area contributed by atoms with Crippen LogP contribution in [0.5, 0.6) is 11.5 Å². The molecular weight excluding hydrogens is 380 g/mol. The van der Waals surface area contributed by atoms with E-state index >= 15 is 0 Å². The SMILES string of the molecule is Cc1c2c(c(C)c3ncccc13)Oc1cc(C3CC4CCC3C4)cc3cc[n+](C)c-2c13. The molecule has 0 saturated heterocycles. The quantitative estimate of drug-likeness (QED) is 0.296. The summed E-state index contributed by atoms with van der Waals surface area (Å²) in [5, 5.41) is 3.76. The van der Waals surface area contributed by atoms with Gasteiger partial charge in [0.15, 0.2) is 6.20 Å². The topological polar surface area (TPSA) is 26.0 Å². The molecule has 0 amide bonds. The maximum absolute atomic E-state index is 6.75. The molecule has 2 aromatic heterocycles. The molecule has 31 heavy (non-hydrogen) atoms. The van der Waals surface area contributed by atoms with Crippen molar-refractivity contribution in [3.05, 3.63) is 59.4 Å². The molecule has 2 saturated carbocycles. The van der Waals surface area contributed by atoms with E-state index in [1.165, 1.54) is 64.2 Å². The molecule has 3 aliphatic rings. The fraction of sp³-hybridized carbons (Fsp3) is 0.357. The first kappa shape index (κ1) is 17.7. The maximum Gasteiger partial charge on any atom is 0.228 e. The van der Waals surface area contributed by atoms with Gasteiger partial charge in [-0.3, -0.25) is 4.98 Å². The van der Waals surface area contributed by atoms with Gasteiger partial charge in [-0.2, -0.15) is 0 Å². The smallest absolute Gasteiger partial charge is 0.228 e. The lowest BCUT2D eigenvalue weighted by atomic mass is 9.82. The highest BCUT2D eigenvalue weighted by atomic mass is 16.5. The molecule has 0 N–H and O–H groups in total. The van der Waals surface area contributed by atoms with Crippen LogP contribution in [0.2, 0.25) is 0 Å². The van der Waals surface area contributed by atoms with E-state index in [2.05, 4.69) is 55.9 Å². The third-order valence-corrected chi connectivity index (χ3v) is 8.35. The Bertz CT molecular complexity index is 1420. The van der Waals surface area contributed by atoms with Crippen LogP contribution in [0, 0.1) is 25.7 Å². The first-order valence-corrected chi connectivity index (χ1v) is 11.6. The average molecular weight is 408 g/mol. The second-order valence-corrected chi connectivity index (χ2v) is 10.00. The zero-order valence-electron chi connectivity index (χ0n) is 18.4. The summed E-state index contributed by atoms with van der Waals surface area (Å²) in [6.45, 7) is 4.36. The number of pyridine rings is 2. The second kappa shape index (κ2) is 6.06.